The van der Waals surface area contributed by atoms with Gasteiger partial charge in [-0.3, -0.25) is 4.79 Å². The highest BCUT2D eigenvalue weighted by Crippen LogP contribution is 2.16. The summed E-state index contributed by atoms with van der Waals surface area (Å²) < 4.78 is 0. The SMILES string of the molecule is CC(=NO)c1csc(NC(=O)Cc2ccsc2)n1. The second-order valence-electron chi connectivity index (χ2n) is 3.58. The highest BCUT2D eigenvalue weighted by atomic mass is 32.1. The lowest BCUT2D eigenvalue weighted by atomic mass is 10.2. The zero-order chi connectivity index (χ0) is 13.0. The van der Waals surface area contributed by atoms with Gasteiger partial charge in [0.15, 0.2) is 5.13 Å². The summed E-state index contributed by atoms with van der Waals surface area (Å²) in [7, 11) is 0. The number of anilines is 1. The first-order valence-electron chi connectivity index (χ1n) is 5.14. The van der Waals surface area contributed by atoms with E-state index in [1.807, 2.05) is 16.8 Å². The van der Waals surface area contributed by atoms with Gasteiger partial charge >= 0.3 is 0 Å². The maximum Gasteiger partial charge on any atom is 0.230 e. The first kappa shape index (κ1) is 12.7. The smallest absolute Gasteiger partial charge is 0.230 e. The molecule has 2 N–H and O–H groups in total. The molecule has 2 aromatic heterocycles. The van der Waals surface area contributed by atoms with Crippen LogP contribution in [0.15, 0.2) is 27.4 Å². The number of carbonyl (C=O) groups excluding carboxylic acids is 1. The molecule has 0 fully saturated rings. The maximum absolute atomic E-state index is 11.7. The molecule has 0 aliphatic heterocycles. The van der Waals surface area contributed by atoms with E-state index in [1.54, 1.807) is 23.6 Å². The number of nitrogens with one attached hydrogen (secondary N) is 1. The largest absolute Gasteiger partial charge is 0.411 e. The number of nitrogens with zero attached hydrogens (tertiary/aromatic N) is 2. The molecular weight excluding hydrogens is 270 g/mol. The summed E-state index contributed by atoms with van der Waals surface area (Å²) in [5.74, 6) is -0.104. The lowest BCUT2D eigenvalue weighted by Gasteiger charge is -1.99. The molecule has 7 heteroatoms. The molecule has 0 unspecified atom stereocenters. The Balaban J connectivity index is 1.97. The minimum absolute atomic E-state index is 0.104. The lowest BCUT2D eigenvalue weighted by Crippen LogP contribution is -2.14. The van der Waals surface area contributed by atoms with E-state index in [4.69, 9.17) is 5.21 Å². The van der Waals surface area contributed by atoms with E-state index in [2.05, 4.69) is 15.5 Å². The average Bonchev–Trinajstić information content (AvgIpc) is 2.99. The van der Waals surface area contributed by atoms with Crippen LogP contribution in [0.3, 0.4) is 0 Å². The number of aromatic nitrogens is 1. The topological polar surface area (TPSA) is 74.6 Å². The first-order valence-corrected chi connectivity index (χ1v) is 6.97. The Hall–Kier alpha value is -1.73. The summed E-state index contributed by atoms with van der Waals surface area (Å²) in [6.45, 7) is 1.64. The predicted molar refractivity (Wildman–Crippen MR) is 72.8 cm³/mol. The standard InChI is InChI=1S/C11H11N3O2S2/c1-7(14-16)9-6-18-11(12-9)13-10(15)4-8-2-3-17-5-8/h2-3,5-6,16H,4H2,1H3,(H,12,13,15). The number of thiazole rings is 1. The second kappa shape index (κ2) is 5.74. The third kappa shape index (κ3) is 3.14. The molecule has 0 saturated carbocycles. The minimum Gasteiger partial charge on any atom is -0.411 e. The molecular formula is C11H11N3O2S2. The number of carbonyl (C=O) groups is 1. The molecule has 2 aromatic rings. The fourth-order valence-corrected chi connectivity index (χ4v) is 2.73. The van der Waals surface area contributed by atoms with Crippen molar-refractivity contribution in [3.8, 4) is 0 Å². The summed E-state index contributed by atoms with van der Waals surface area (Å²) in [6, 6.07) is 1.92. The van der Waals surface area contributed by atoms with Crippen molar-refractivity contribution < 1.29 is 10.0 Å². The zero-order valence-corrected chi connectivity index (χ0v) is 11.2. The van der Waals surface area contributed by atoms with E-state index < -0.39 is 0 Å². The number of hydrogen-bond donors (Lipinski definition) is 2. The van der Waals surface area contributed by atoms with Gasteiger partial charge in [0.1, 0.15) is 11.4 Å². The van der Waals surface area contributed by atoms with Crippen LogP contribution in [0.25, 0.3) is 0 Å². The van der Waals surface area contributed by atoms with E-state index in [0.29, 0.717) is 23.0 Å². The van der Waals surface area contributed by atoms with Crippen LogP contribution in [-0.2, 0) is 11.2 Å². The van der Waals surface area contributed by atoms with Crippen molar-refractivity contribution in [2.75, 3.05) is 5.32 Å². The maximum atomic E-state index is 11.7. The second-order valence-corrected chi connectivity index (χ2v) is 5.22. The quantitative estimate of drug-likeness (QED) is 0.514. The highest BCUT2D eigenvalue weighted by Gasteiger charge is 2.09. The molecule has 0 aromatic carbocycles. The van der Waals surface area contributed by atoms with Gasteiger partial charge in [-0.25, -0.2) is 4.98 Å². The van der Waals surface area contributed by atoms with Gasteiger partial charge in [-0.15, -0.1) is 11.3 Å². The van der Waals surface area contributed by atoms with Crippen LogP contribution < -0.4 is 5.32 Å². The van der Waals surface area contributed by atoms with Crippen molar-refractivity contribution in [2.45, 2.75) is 13.3 Å². The van der Waals surface area contributed by atoms with Crippen LogP contribution in [0.1, 0.15) is 18.2 Å². The van der Waals surface area contributed by atoms with Crippen molar-refractivity contribution in [3.05, 3.63) is 33.5 Å². The van der Waals surface area contributed by atoms with Crippen molar-refractivity contribution in [2.24, 2.45) is 5.16 Å². The van der Waals surface area contributed by atoms with Gasteiger partial charge in [-0.1, -0.05) is 5.16 Å². The van der Waals surface area contributed by atoms with Gasteiger partial charge in [-0.2, -0.15) is 11.3 Å². The zero-order valence-electron chi connectivity index (χ0n) is 9.58. The molecule has 0 aliphatic carbocycles. The van der Waals surface area contributed by atoms with Gasteiger partial charge < -0.3 is 10.5 Å². The van der Waals surface area contributed by atoms with Crippen LogP contribution in [-0.4, -0.2) is 21.8 Å². The molecule has 0 aliphatic rings. The molecule has 0 radical (unpaired) electrons. The molecule has 2 heterocycles. The molecule has 0 bridgehead atoms. The summed E-state index contributed by atoms with van der Waals surface area (Å²) in [5.41, 5.74) is 1.97. The van der Waals surface area contributed by atoms with E-state index in [9.17, 15) is 4.79 Å². The summed E-state index contributed by atoms with van der Waals surface area (Å²) in [5, 5.41) is 20.5. The van der Waals surface area contributed by atoms with Crippen molar-refractivity contribution in [1.82, 2.24) is 4.98 Å². The molecule has 0 spiro atoms. The molecule has 2 rings (SSSR count). The third-order valence-electron chi connectivity index (χ3n) is 2.22. The Morgan fingerprint density at radius 3 is 3.06 bits per heavy atom. The van der Waals surface area contributed by atoms with E-state index in [1.165, 1.54) is 11.3 Å². The number of amides is 1. The van der Waals surface area contributed by atoms with Crippen LogP contribution in [0.2, 0.25) is 0 Å². The summed E-state index contributed by atoms with van der Waals surface area (Å²) in [6.07, 6.45) is 0.339. The van der Waals surface area contributed by atoms with E-state index in [0.717, 1.165) is 5.56 Å². The molecule has 18 heavy (non-hydrogen) atoms. The van der Waals surface area contributed by atoms with Gasteiger partial charge in [0.25, 0.3) is 0 Å². The predicted octanol–water partition coefficient (Wildman–Crippen LogP) is 2.58. The molecule has 0 atom stereocenters. The first-order chi connectivity index (χ1) is 8.69. The summed E-state index contributed by atoms with van der Waals surface area (Å²) >= 11 is 2.86. The monoisotopic (exact) mass is 281 g/mol. The van der Waals surface area contributed by atoms with Gasteiger partial charge in [0.05, 0.1) is 6.42 Å². The lowest BCUT2D eigenvalue weighted by molar-refractivity contribution is -0.115. The Morgan fingerprint density at radius 2 is 2.39 bits per heavy atom. The molecule has 94 valence electrons. The number of rotatable bonds is 4. The van der Waals surface area contributed by atoms with Crippen LogP contribution in [0.5, 0.6) is 0 Å². The van der Waals surface area contributed by atoms with Crippen molar-refractivity contribution in [3.63, 3.8) is 0 Å². The van der Waals surface area contributed by atoms with E-state index >= 15 is 0 Å². The van der Waals surface area contributed by atoms with Gasteiger partial charge in [-0.05, 0) is 29.3 Å². The fraction of sp³-hybridized carbons (Fsp3) is 0.182. The Kier molecular flexibility index (Phi) is 4.06. The normalized spacial score (nSPS) is 11.5. The van der Waals surface area contributed by atoms with Crippen molar-refractivity contribution in [1.29, 1.82) is 0 Å². The Bertz CT molecular complexity index is 561. The minimum atomic E-state index is -0.104. The number of hydrogen-bond acceptors (Lipinski definition) is 6. The summed E-state index contributed by atoms with van der Waals surface area (Å²) in [4.78, 5) is 15.9. The molecule has 5 nitrogen and oxygen atoms in total. The van der Waals surface area contributed by atoms with Crippen molar-refractivity contribution >= 4 is 39.4 Å². The Labute approximate surface area is 112 Å². The number of oxime groups is 1. The molecule has 1 amide bonds. The van der Waals surface area contributed by atoms with E-state index in [-0.39, 0.29) is 5.91 Å². The average molecular weight is 281 g/mol. The van der Waals surface area contributed by atoms with Crippen LogP contribution >= 0.6 is 22.7 Å². The third-order valence-corrected chi connectivity index (χ3v) is 3.71. The molecule has 0 saturated heterocycles. The van der Waals surface area contributed by atoms with Crippen LogP contribution in [0.4, 0.5) is 5.13 Å². The highest BCUT2D eigenvalue weighted by molar-refractivity contribution is 7.14. The fourth-order valence-electron chi connectivity index (χ4n) is 1.29. The Morgan fingerprint density at radius 1 is 1.56 bits per heavy atom. The van der Waals surface area contributed by atoms with Gasteiger partial charge in [0.2, 0.25) is 5.91 Å². The van der Waals surface area contributed by atoms with Crippen LogP contribution in [0, 0.1) is 0 Å². The van der Waals surface area contributed by atoms with Gasteiger partial charge in [0, 0.05) is 5.38 Å². The number of thiophene rings is 1.